The third-order valence-corrected chi connectivity index (χ3v) is 5.44. The van der Waals surface area contributed by atoms with Gasteiger partial charge < -0.3 is 9.42 Å². The van der Waals surface area contributed by atoms with Gasteiger partial charge >= 0.3 is 0 Å². The molecule has 1 fully saturated rings. The molecule has 0 radical (unpaired) electrons. The second-order valence-corrected chi connectivity index (χ2v) is 7.90. The summed E-state index contributed by atoms with van der Waals surface area (Å²) >= 11 is 2.17. The molecule has 0 spiro atoms. The van der Waals surface area contributed by atoms with Gasteiger partial charge in [0.1, 0.15) is 12.2 Å². The highest BCUT2D eigenvalue weighted by Gasteiger charge is 2.12. The lowest BCUT2D eigenvalue weighted by molar-refractivity contribution is 0.103. The monoisotopic (exact) mass is 468 g/mol. The van der Waals surface area contributed by atoms with Gasteiger partial charge in [-0.1, -0.05) is 0 Å². The number of hydrogen-bond acceptors (Lipinski definition) is 4. The zero-order valence-electron chi connectivity index (χ0n) is 14.1. The van der Waals surface area contributed by atoms with Crippen molar-refractivity contribution in [3.05, 3.63) is 59.4 Å². The van der Waals surface area contributed by atoms with E-state index in [1.54, 1.807) is 18.3 Å². The van der Waals surface area contributed by atoms with Crippen LogP contribution in [0.15, 0.2) is 42.6 Å². The number of benzene rings is 1. The molecule has 1 aromatic carbocycles. The third kappa shape index (κ3) is 5.47. The first kappa shape index (κ1) is 18.7. The van der Waals surface area contributed by atoms with Gasteiger partial charge in [-0.2, -0.15) is 0 Å². The summed E-state index contributed by atoms with van der Waals surface area (Å²) < 4.78 is 5.42. The fourth-order valence-corrected chi connectivity index (χ4v) is 4.07. The minimum Gasteiger partial charge on any atom is -0.467 e. The molecule has 1 unspecified atom stereocenters. The molecular formula is C19H22IN2O2P. The fraction of sp³-hybridized carbons (Fsp3) is 0.368. The van der Waals surface area contributed by atoms with E-state index in [0.29, 0.717) is 17.6 Å². The summed E-state index contributed by atoms with van der Waals surface area (Å²) in [5.41, 5.74) is 2.35. The van der Waals surface area contributed by atoms with Gasteiger partial charge in [0, 0.05) is 23.0 Å². The summed E-state index contributed by atoms with van der Waals surface area (Å²) in [6.45, 7) is 4.00. The second-order valence-electron chi connectivity index (χ2n) is 6.22. The molecule has 6 heteroatoms. The molecule has 2 aromatic rings. The molecule has 132 valence electrons. The standard InChI is InChI=1S/C19H22IN2O2P/c20-25-24-18-9-6-15(7-10-18)19(23)16-5-8-17(21-14-16)4-3-13-22-11-1-2-12-22/h5-10,14,25H,1-4,11-13H2. The van der Waals surface area contributed by atoms with E-state index in [1.165, 1.54) is 25.9 Å². The van der Waals surface area contributed by atoms with Crippen LogP contribution in [0.4, 0.5) is 0 Å². The van der Waals surface area contributed by atoms with E-state index in [4.69, 9.17) is 4.52 Å². The first-order chi connectivity index (χ1) is 12.3. The number of rotatable bonds is 8. The smallest absolute Gasteiger partial charge is 0.194 e. The summed E-state index contributed by atoms with van der Waals surface area (Å²) in [5, 5.41) is 0. The number of aromatic nitrogens is 1. The Labute approximate surface area is 163 Å². The van der Waals surface area contributed by atoms with Gasteiger partial charge in [0.2, 0.25) is 0 Å². The van der Waals surface area contributed by atoms with Crippen molar-refractivity contribution >= 4 is 34.3 Å². The number of carbonyl (C=O) groups is 1. The number of ketones is 1. The van der Waals surface area contributed by atoms with Crippen LogP contribution in [-0.2, 0) is 6.42 Å². The Morgan fingerprint density at radius 3 is 2.48 bits per heavy atom. The molecule has 1 saturated heterocycles. The molecule has 0 amide bonds. The number of hydrogen-bond donors (Lipinski definition) is 0. The topological polar surface area (TPSA) is 42.4 Å². The van der Waals surface area contributed by atoms with Crippen LogP contribution in [0.25, 0.3) is 0 Å². The second kappa shape index (κ2) is 9.60. The lowest BCUT2D eigenvalue weighted by Gasteiger charge is -2.13. The van der Waals surface area contributed by atoms with Crippen LogP contribution >= 0.6 is 28.5 Å². The van der Waals surface area contributed by atoms with Gasteiger partial charge in [0.15, 0.2) is 5.78 Å². The normalized spacial score (nSPS) is 15.1. The highest BCUT2D eigenvalue weighted by atomic mass is 127. The van der Waals surface area contributed by atoms with Crippen LogP contribution < -0.4 is 4.52 Å². The van der Waals surface area contributed by atoms with E-state index >= 15 is 0 Å². The number of carbonyl (C=O) groups excluding carboxylic acids is 1. The molecule has 1 aliphatic rings. The lowest BCUT2D eigenvalue weighted by atomic mass is 10.0. The lowest BCUT2D eigenvalue weighted by Crippen LogP contribution is -2.20. The molecule has 25 heavy (non-hydrogen) atoms. The molecular weight excluding hydrogens is 446 g/mol. The summed E-state index contributed by atoms with van der Waals surface area (Å²) in [6, 6.07) is 11.1. The Bertz CT molecular complexity index is 686. The van der Waals surface area contributed by atoms with Crippen LogP contribution in [-0.4, -0.2) is 35.3 Å². The largest absolute Gasteiger partial charge is 0.467 e. The zero-order chi connectivity index (χ0) is 17.5. The van der Waals surface area contributed by atoms with E-state index in [1.807, 2.05) is 24.3 Å². The van der Waals surface area contributed by atoms with E-state index in [-0.39, 0.29) is 5.78 Å². The third-order valence-electron chi connectivity index (χ3n) is 4.47. The van der Waals surface area contributed by atoms with Crippen LogP contribution in [0, 0.1) is 0 Å². The molecule has 0 N–H and O–H groups in total. The van der Waals surface area contributed by atoms with Crippen molar-refractivity contribution in [2.75, 3.05) is 19.6 Å². The van der Waals surface area contributed by atoms with Crippen molar-refractivity contribution < 1.29 is 9.32 Å². The number of aryl methyl sites for hydroxylation is 1. The van der Waals surface area contributed by atoms with Gasteiger partial charge in [0.25, 0.3) is 0 Å². The zero-order valence-corrected chi connectivity index (χ0v) is 17.2. The quantitative estimate of drug-likeness (QED) is 0.321. The molecule has 2 heterocycles. The molecule has 0 saturated carbocycles. The predicted molar refractivity (Wildman–Crippen MR) is 111 cm³/mol. The first-order valence-electron chi connectivity index (χ1n) is 8.61. The number of nitrogens with zero attached hydrogens (tertiary/aromatic N) is 2. The Hall–Kier alpha value is -1.04. The average Bonchev–Trinajstić information content (AvgIpc) is 3.16. The van der Waals surface area contributed by atoms with Gasteiger partial charge in [-0.05, 0) is 104 Å². The maximum absolute atomic E-state index is 12.5. The van der Waals surface area contributed by atoms with Crippen molar-refractivity contribution in [3.8, 4) is 5.75 Å². The molecule has 4 nitrogen and oxygen atoms in total. The van der Waals surface area contributed by atoms with E-state index in [2.05, 4.69) is 31.9 Å². The average molecular weight is 468 g/mol. The number of halogens is 1. The number of likely N-dealkylation sites (tertiary alicyclic amines) is 1. The highest BCUT2D eigenvalue weighted by Crippen LogP contribution is 2.27. The molecule has 1 aromatic heterocycles. The van der Waals surface area contributed by atoms with Crippen LogP contribution in [0.5, 0.6) is 5.75 Å². The van der Waals surface area contributed by atoms with Gasteiger partial charge in [0.05, 0.1) is 0 Å². The Kier molecular flexibility index (Phi) is 7.20. The molecule has 3 rings (SSSR count). The van der Waals surface area contributed by atoms with Crippen LogP contribution in [0.1, 0.15) is 40.9 Å². The van der Waals surface area contributed by atoms with Gasteiger partial charge in [-0.25, -0.2) is 0 Å². The Morgan fingerprint density at radius 2 is 1.84 bits per heavy atom. The van der Waals surface area contributed by atoms with Crippen LogP contribution in [0.2, 0.25) is 0 Å². The van der Waals surface area contributed by atoms with Crippen molar-refractivity contribution in [1.29, 1.82) is 0 Å². The Morgan fingerprint density at radius 1 is 1.12 bits per heavy atom. The first-order valence-corrected chi connectivity index (χ1v) is 12.6. The minimum atomic E-state index is -0.000380. The van der Waals surface area contributed by atoms with Crippen molar-refractivity contribution in [3.63, 3.8) is 0 Å². The van der Waals surface area contributed by atoms with E-state index in [9.17, 15) is 4.79 Å². The molecule has 1 aliphatic heterocycles. The molecule has 1 atom stereocenters. The Balaban J connectivity index is 1.54. The summed E-state index contributed by atoms with van der Waals surface area (Å²) in [4.78, 5) is 19.5. The summed E-state index contributed by atoms with van der Waals surface area (Å²) in [7, 11) is 0. The predicted octanol–water partition coefficient (Wildman–Crippen LogP) is 4.66. The van der Waals surface area contributed by atoms with Gasteiger partial charge in [-0.3, -0.25) is 9.78 Å². The molecule has 0 bridgehead atoms. The van der Waals surface area contributed by atoms with Crippen LogP contribution in [0.3, 0.4) is 0 Å². The summed E-state index contributed by atoms with van der Waals surface area (Å²) in [5.74, 6) is 0.787. The van der Waals surface area contributed by atoms with Crippen molar-refractivity contribution in [2.45, 2.75) is 25.7 Å². The van der Waals surface area contributed by atoms with E-state index in [0.717, 1.165) is 30.8 Å². The van der Waals surface area contributed by atoms with E-state index < -0.39 is 0 Å². The number of pyridine rings is 1. The van der Waals surface area contributed by atoms with Gasteiger partial charge in [-0.15, -0.1) is 0 Å². The fourth-order valence-electron chi connectivity index (χ4n) is 3.08. The maximum Gasteiger partial charge on any atom is 0.194 e. The van der Waals surface area contributed by atoms with Crippen molar-refractivity contribution in [1.82, 2.24) is 9.88 Å². The molecule has 0 aliphatic carbocycles. The summed E-state index contributed by atoms with van der Waals surface area (Å²) in [6.07, 6.45) is 6.46. The SMILES string of the molecule is O=C(c1ccc(OPI)cc1)c1ccc(CCCN2CCCC2)nc1. The van der Waals surface area contributed by atoms with Crippen molar-refractivity contribution in [2.24, 2.45) is 0 Å². The minimum absolute atomic E-state index is 0.000380. The highest BCUT2D eigenvalue weighted by molar-refractivity contribution is 14.2. The maximum atomic E-state index is 12.5.